The lowest BCUT2D eigenvalue weighted by molar-refractivity contribution is -0.126. The molecule has 1 fully saturated rings. The topological polar surface area (TPSA) is 67.2 Å². The van der Waals surface area contributed by atoms with E-state index in [9.17, 15) is 9.59 Å². The van der Waals surface area contributed by atoms with Crippen molar-refractivity contribution in [2.75, 3.05) is 13.1 Å². The summed E-state index contributed by atoms with van der Waals surface area (Å²) in [5.41, 5.74) is 4.57. The molecule has 166 valence electrons. The van der Waals surface area contributed by atoms with Gasteiger partial charge in [-0.25, -0.2) is 0 Å². The van der Waals surface area contributed by atoms with Crippen molar-refractivity contribution in [2.45, 2.75) is 39.8 Å². The minimum Gasteiger partial charge on any atom is -0.352 e. The molecular formula is C26H30N4O2. The molecule has 2 amide bonds. The summed E-state index contributed by atoms with van der Waals surface area (Å²) < 4.78 is 1.90. The number of likely N-dealkylation sites (tertiary alicyclic amines) is 1. The van der Waals surface area contributed by atoms with E-state index in [1.165, 1.54) is 0 Å². The Labute approximate surface area is 189 Å². The number of aromatic nitrogens is 2. The van der Waals surface area contributed by atoms with E-state index >= 15 is 0 Å². The summed E-state index contributed by atoms with van der Waals surface area (Å²) in [5.74, 6) is 0.0391. The van der Waals surface area contributed by atoms with Gasteiger partial charge in [-0.1, -0.05) is 60.7 Å². The van der Waals surface area contributed by atoms with Crippen LogP contribution in [0, 0.1) is 19.8 Å². The number of carbonyl (C=O) groups excluding carboxylic acids is 2. The zero-order chi connectivity index (χ0) is 22.5. The van der Waals surface area contributed by atoms with Crippen LogP contribution >= 0.6 is 0 Å². The Kier molecular flexibility index (Phi) is 6.69. The molecule has 2 heterocycles. The molecule has 0 saturated carbocycles. The standard InChI is InChI=1S/C26H30N4O2/c1-19-24(20(2)30(28-19)18-22-11-7-4-8-12-22)26(32)29-15-13-23(14-16-29)25(31)27-17-21-9-5-3-6-10-21/h3-12,23H,13-18H2,1-2H3,(H,27,31). The summed E-state index contributed by atoms with van der Waals surface area (Å²) in [6.45, 7) is 6.21. The molecule has 0 unspecified atom stereocenters. The van der Waals surface area contributed by atoms with Gasteiger partial charge in [0.05, 0.1) is 17.8 Å². The third-order valence-corrected chi connectivity index (χ3v) is 6.23. The Bertz CT molecular complexity index is 1070. The van der Waals surface area contributed by atoms with E-state index < -0.39 is 0 Å². The lowest BCUT2D eigenvalue weighted by Crippen LogP contribution is -2.43. The zero-order valence-corrected chi connectivity index (χ0v) is 18.8. The molecule has 2 aromatic carbocycles. The Hall–Kier alpha value is -3.41. The summed E-state index contributed by atoms with van der Waals surface area (Å²) in [6, 6.07) is 20.0. The second-order valence-corrected chi connectivity index (χ2v) is 8.46. The first-order valence-corrected chi connectivity index (χ1v) is 11.2. The molecule has 1 aromatic heterocycles. The molecule has 0 atom stereocenters. The van der Waals surface area contributed by atoms with Crippen LogP contribution in [-0.2, 0) is 17.9 Å². The van der Waals surface area contributed by atoms with E-state index in [1.54, 1.807) is 0 Å². The van der Waals surface area contributed by atoms with Gasteiger partial charge < -0.3 is 10.2 Å². The molecule has 1 aliphatic heterocycles. The van der Waals surface area contributed by atoms with Gasteiger partial charge in [0.25, 0.3) is 5.91 Å². The number of carbonyl (C=O) groups is 2. The number of aryl methyl sites for hydroxylation is 1. The quantitative estimate of drug-likeness (QED) is 0.648. The zero-order valence-electron chi connectivity index (χ0n) is 18.8. The molecule has 1 saturated heterocycles. The van der Waals surface area contributed by atoms with Crippen LogP contribution in [0.1, 0.15) is 45.7 Å². The van der Waals surface area contributed by atoms with Crippen molar-refractivity contribution in [1.82, 2.24) is 20.0 Å². The number of rotatable bonds is 6. The van der Waals surface area contributed by atoms with Gasteiger partial charge in [0, 0.05) is 31.2 Å². The Morgan fingerprint density at radius 2 is 1.53 bits per heavy atom. The molecule has 1 aliphatic rings. The average Bonchev–Trinajstić information content (AvgIpc) is 3.11. The normalized spacial score (nSPS) is 14.4. The van der Waals surface area contributed by atoms with Crippen LogP contribution in [0.3, 0.4) is 0 Å². The number of hydrogen-bond acceptors (Lipinski definition) is 3. The van der Waals surface area contributed by atoms with Crippen molar-refractivity contribution in [1.29, 1.82) is 0 Å². The largest absolute Gasteiger partial charge is 0.352 e. The Balaban J connectivity index is 1.34. The molecule has 0 spiro atoms. The highest BCUT2D eigenvalue weighted by molar-refractivity contribution is 5.96. The van der Waals surface area contributed by atoms with Crippen molar-refractivity contribution >= 4 is 11.8 Å². The first kappa shape index (κ1) is 21.8. The molecular weight excluding hydrogens is 400 g/mol. The van der Waals surface area contributed by atoms with Gasteiger partial charge in [0.15, 0.2) is 0 Å². The van der Waals surface area contributed by atoms with Crippen LogP contribution in [0.25, 0.3) is 0 Å². The van der Waals surface area contributed by atoms with Crippen molar-refractivity contribution in [2.24, 2.45) is 5.92 Å². The number of piperidine rings is 1. The highest BCUT2D eigenvalue weighted by atomic mass is 16.2. The summed E-state index contributed by atoms with van der Waals surface area (Å²) >= 11 is 0. The van der Waals surface area contributed by atoms with Crippen LogP contribution in [0.4, 0.5) is 0 Å². The van der Waals surface area contributed by atoms with Crippen LogP contribution in [0.5, 0.6) is 0 Å². The minimum absolute atomic E-state index is 0.0162. The maximum absolute atomic E-state index is 13.3. The fraction of sp³-hybridized carbons (Fsp3) is 0.346. The van der Waals surface area contributed by atoms with Crippen LogP contribution in [0.2, 0.25) is 0 Å². The predicted octanol–water partition coefficient (Wildman–Crippen LogP) is 3.72. The lowest BCUT2D eigenvalue weighted by Gasteiger charge is -2.31. The number of nitrogens with one attached hydrogen (secondary N) is 1. The molecule has 32 heavy (non-hydrogen) atoms. The summed E-state index contributed by atoms with van der Waals surface area (Å²) in [7, 11) is 0. The van der Waals surface area contributed by atoms with Gasteiger partial charge in [0.2, 0.25) is 5.91 Å². The van der Waals surface area contributed by atoms with E-state index in [4.69, 9.17) is 0 Å². The second kappa shape index (κ2) is 9.81. The number of hydrogen-bond donors (Lipinski definition) is 1. The van der Waals surface area contributed by atoms with Crippen molar-refractivity contribution in [3.63, 3.8) is 0 Å². The van der Waals surface area contributed by atoms with E-state index in [0.717, 1.165) is 22.5 Å². The molecule has 0 aliphatic carbocycles. The predicted molar refractivity (Wildman–Crippen MR) is 124 cm³/mol. The number of nitrogens with zero attached hydrogens (tertiary/aromatic N) is 3. The van der Waals surface area contributed by atoms with Gasteiger partial charge >= 0.3 is 0 Å². The SMILES string of the molecule is Cc1nn(Cc2ccccc2)c(C)c1C(=O)N1CCC(C(=O)NCc2ccccc2)CC1. The smallest absolute Gasteiger partial charge is 0.257 e. The van der Waals surface area contributed by atoms with Crippen molar-refractivity contribution < 1.29 is 9.59 Å². The maximum atomic E-state index is 13.3. The Morgan fingerprint density at radius 1 is 0.938 bits per heavy atom. The molecule has 3 aromatic rings. The third-order valence-electron chi connectivity index (χ3n) is 6.23. The van der Waals surface area contributed by atoms with E-state index in [0.29, 0.717) is 44.6 Å². The Morgan fingerprint density at radius 3 is 2.16 bits per heavy atom. The van der Waals surface area contributed by atoms with Crippen molar-refractivity contribution in [3.05, 3.63) is 88.7 Å². The first-order valence-electron chi connectivity index (χ1n) is 11.2. The number of benzene rings is 2. The summed E-state index contributed by atoms with van der Waals surface area (Å²) in [5, 5.41) is 7.66. The van der Waals surface area contributed by atoms with E-state index in [-0.39, 0.29) is 17.7 Å². The van der Waals surface area contributed by atoms with Gasteiger partial charge in [0.1, 0.15) is 0 Å². The second-order valence-electron chi connectivity index (χ2n) is 8.46. The van der Waals surface area contributed by atoms with Gasteiger partial charge in [-0.15, -0.1) is 0 Å². The third kappa shape index (κ3) is 4.90. The molecule has 6 heteroatoms. The molecule has 0 bridgehead atoms. The van der Waals surface area contributed by atoms with Gasteiger partial charge in [-0.3, -0.25) is 14.3 Å². The summed E-state index contributed by atoms with van der Waals surface area (Å²) in [4.78, 5) is 27.7. The van der Waals surface area contributed by atoms with Crippen LogP contribution in [-0.4, -0.2) is 39.6 Å². The summed E-state index contributed by atoms with van der Waals surface area (Å²) in [6.07, 6.45) is 1.37. The fourth-order valence-electron chi connectivity index (χ4n) is 4.35. The van der Waals surface area contributed by atoms with Crippen LogP contribution < -0.4 is 5.32 Å². The van der Waals surface area contributed by atoms with E-state index in [1.807, 2.05) is 72.0 Å². The number of amides is 2. The fourth-order valence-corrected chi connectivity index (χ4v) is 4.35. The monoisotopic (exact) mass is 430 g/mol. The average molecular weight is 431 g/mol. The molecule has 1 N–H and O–H groups in total. The maximum Gasteiger partial charge on any atom is 0.257 e. The molecule has 6 nitrogen and oxygen atoms in total. The van der Waals surface area contributed by atoms with Crippen LogP contribution in [0.15, 0.2) is 60.7 Å². The molecule has 4 rings (SSSR count). The van der Waals surface area contributed by atoms with Crippen molar-refractivity contribution in [3.8, 4) is 0 Å². The lowest BCUT2D eigenvalue weighted by atomic mass is 9.95. The highest BCUT2D eigenvalue weighted by Gasteiger charge is 2.30. The minimum atomic E-state index is -0.0502. The van der Waals surface area contributed by atoms with Gasteiger partial charge in [-0.05, 0) is 37.8 Å². The van der Waals surface area contributed by atoms with Gasteiger partial charge in [-0.2, -0.15) is 5.10 Å². The molecule has 0 radical (unpaired) electrons. The first-order chi connectivity index (χ1) is 15.5. The van der Waals surface area contributed by atoms with E-state index in [2.05, 4.69) is 22.5 Å². The highest BCUT2D eigenvalue weighted by Crippen LogP contribution is 2.23.